The number of methoxy groups -OCH3 is 1. The normalized spacial score (nSPS) is 11.6. The van der Waals surface area contributed by atoms with Crippen LogP contribution < -0.4 is 25.8 Å². The lowest BCUT2D eigenvalue weighted by Crippen LogP contribution is -2.40. The van der Waals surface area contributed by atoms with Gasteiger partial charge in [-0.25, -0.2) is 10.5 Å². The number of rotatable bonds is 11. The highest BCUT2D eigenvalue weighted by Gasteiger charge is 2.27. The van der Waals surface area contributed by atoms with Crippen molar-refractivity contribution >= 4 is 34.5 Å². The lowest BCUT2D eigenvalue weighted by molar-refractivity contribution is -0.384. The molecule has 0 aliphatic heterocycles. The zero-order valence-corrected chi connectivity index (χ0v) is 23.8. The molecule has 45 heavy (non-hydrogen) atoms. The van der Waals surface area contributed by atoms with E-state index in [1.807, 2.05) is 0 Å². The topological polar surface area (TPSA) is 178 Å². The molecule has 0 spiro atoms. The lowest BCUT2D eigenvalue weighted by Gasteiger charge is -2.18. The fourth-order valence-corrected chi connectivity index (χ4v) is 4.44. The number of H-pyrrole nitrogens is 1. The summed E-state index contributed by atoms with van der Waals surface area (Å²) >= 11 is 0. The first-order valence-corrected chi connectivity index (χ1v) is 13.5. The van der Waals surface area contributed by atoms with Crippen LogP contribution in [0.4, 0.5) is 5.69 Å². The molecule has 4 aromatic carbocycles. The fraction of sp³-hybridized carbons (Fsp3) is 0.0938. The van der Waals surface area contributed by atoms with E-state index in [1.165, 1.54) is 37.6 Å². The molecule has 0 saturated heterocycles. The van der Waals surface area contributed by atoms with Crippen LogP contribution in [0.3, 0.4) is 0 Å². The number of hydrogen-bond acceptors (Lipinski definition) is 9. The number of fused-ring (bicyclic) bond motifs is 1. The van der Waals surface area contributed by atoms with Crippen molar-refractivity contribution in [1.82, 2.24) is 20.9 Å². The lowest BCUT2D eigenvalue weighted by atomic mass is 10.0. The minimum atomic E-state index is -1.30. The van der Waals surface area contributed by atoms with Gasteiger partial charge in [0.1, 0.15) is 23.8 Å². The second kappa shape index (κ2) is 13.7. The third-order valence-corrected chi connectivity index (χ3v) is 6.71. The van der Waals surface area contributed by atoms with E-state index in [9.17, 15) is 24.5 Å². The van der Waals surface area contributed by atoms with E-state index in [-0.39, 0.29) is 18.0 Å². The van der Waals surface area contributed by atoms with Gasteiger partial charge in [-0.05, 0) is 42.0 Å². The highest BCUT2D eigenvalue weighted by atomic mass is 16.6. The SMILES string of the molecule is COc1cc(/C=N/NC(=O)C(NC(=O)c2ccccc2)c2n[nH]c(=O)c3ccccc23)ccc1COc1ccc([N+](=O)[O-])cc1. The minimum absolute atomic E-state index is 0.0381. The summed E-state index contributed by atoms with van der Waals surface area (Å²) in [4.78, 5) is 49.2. The number of hydrogen-bond donors (Lipinski definition) is 3. The second-order valence-corrected chi connectivity index (χ2v) is 9.60. The molecule has 0 aliphatic rings. The monoisotopic (exact) mass is 606 g/mol. The van der Waals surface area contributed by atoms with Gasteiger partial charge in [0.2, 0.25) is 0 Å². The number of amides is 2. The Morgan fingerprint density at radius 1 is 1.00 bits per heavy atom. The molecule has 13 heteroatoms. The Morgan fingerprint density at radius 3 is 2.42 bits per heavy atom. The van der Waals surface area contributed by atoms with Crippen LogP contribution >= 0.6 is 0 Å². The highest BCUT2D eigenvalue weighted by Crippen LogP contribution is 2.24. The van der Waals surface area contributed by atoms with E-state index >= 15 is 0 Å². The van der Waals surface area contributed by atoms with E-state index in [4.69, 9.17) is 9.47 Å². The third kappa shape index (κ3) is 7.17. The molecule has 226 valence electrons. The zero-order chi connectivity index (χ0) is 31.8. The average Bonchev–Trinajstić information content (AvgIpc) is 3.07. The number of nitrogens with zero attached hydrogens (tertiary/aromatic N) is 3. The van der Waals surface area contributed by atoms with Gasteiger partial charge >= 0.3 is 0 Å². The van der Waals surface area contributed by atoms with E-state index in [2.05, 4.69) is 26.0 Å². The summed E-state index contributed by atoms with van der Waals surface area (Å²) in [6.45, 7) is 0.137. The van der Waals surface area contributed by atoms with Crippen molar-refractivity contribution in [3.05, 3.63) is 140 Å². The van der Waals surface area contributed by atoms with E-state index in [1.54, 1.807) is 72.8 Å². The van der Waals surface area contributed by atoms with E-state index in [0.717, 1.165) is 0 Å². The van der Waals surface area contributed by atoms with Gasteiger partial charge in [0.15, 0.2) is 6.04 Å². The largest absolute Gasteiger partial charge is 0.496 e. The molecule has 3 N–H and O–H groups in total. The number of non-ortho nitro benzene ring substituents is 1. The molecule has 5 rings (SSSR count). The highest BCUT2D eigenvalue weighted by molar-refractivity contribution is 5.99. The molecule has 1 aromatic heterocycles. The molecule has 2 amide bonds. The van der Waals surface area contributed by atoms with Crippen molar-refractivity contribution < 1.29 is 24.0 Å². The van der Waals surface area contributed by atoms with Gasteiger partial charge in [0.05, 0.1) is 23.6 Å². The van der Waals surface area contributed by atoms with Crippen LogP contribution in [0.5, 0.6) is 11.5 Å². The predicted molar refractivity (Wildman–Crippen MR) is 165 cm³/mol. The molecule has 0 fully saturated rings. The third-order valence-electron chi connectivity index (χ3n) is 6.71. The first-order valence-electron chi connectivity index (χ1n) is 13.5. The van der Waals surface area contributed by atoms with Crippen LogP contribution in [-0.4, -0.2) is 40.3 Å². The Bertz CT molecular complexity index is 1940. The Balaban J connectivity index is 1.32. The number of ether oxygens (including phenoxy) is 2. The molecule has 13 nitrogen and oxygen atoms in total. The Labute approximate surface area is 255 Å². The number of hydrazone groups is 1. The van der Waals surface area contributed by atoms with Crippen LogP contribution in [0.25, 0.3) is 10.8 Å². The summed E-state index contributed by atoms with van der Waals surface area (Å²) in [7, 11) is 1.49. The maximum absolute atomic E-state index is 13.4. The summed E-state index contributed by atoms with van der Waals surface area (Å²) in [5.74, 6) is -0.271. The van der Waals surface area contributed by atoms with Crippen molar-refractivity contribution in [3.8, 4) is 11.5 Å². The van der Waals surface area contributed by atoms with Gasteiger partial charge in [-0.15, -0.1) is 0 Å². The number of nitro groups is 1. The molecule has 0 bridgehead atoms. The molecule has 0 aliphatic carbocycles. The maximum atomic E-state index is 13.4. The van der Waals surface area contributed by atoms with Crippen molar-refractivity contribution in [3.63, 3.8) is 0 Å². The number of carbonyl (C=O) groups excluding carboxylic acids is 2. The molecule has 1 atom stereocenters. The van der Waals surface area contributed by atoms with Gasteiger partial charge in [0, 0.05) is 28.6 Å². The number of aromatic nitrogens is 2. The van der Waals surface area contributed by atoms with Crippen LogP contribution in [0.1, 0.15) is 33.2 Å². The van der Waals surface area contributed by atoms with Crippen molar-refractivity contribution in [1.29, 1.82) is 0 Å². The van der Waals surface area contributed by atoms with Crippen LogP contribution in [0, 0.1) is 10.1 Å². The van der Waals surface area contributed by atoms with Crippen molar-refractivity contribution in [2.45, 2.75) is 12.6 Å². The molecule has 0 radical (unpaired) electrons. The summed E-state index contributed by atoms with van der Waals surface area (Å²) in [6.07, 6.45) is 1.40. The zero-order valence-electron chi connectivity index (χ0n) is 23.8. The van der Waals surface area contributed by atoms with Gasteiger partial charge in [0.25, 0.3) is 23.1 Å². The average molecular weight is 607 g/mol. The molecule has 1 unspecified atom stereocenters. The molecular weight excluding hydrogens is 580 g/mol. The number of nitro benzene ring substituents is 1. The second-order valence-electron chi connectivity index (χ2n) is 9.60. The number of aromatic amines is 1. The number of nitrogens with one attached hydrogen (secondary N) is 3. The van der Waals surface area contributed by atoms with Crippen LogP contribution in [0.2, 0.25) is 0 Å². The van der Waals surface area contributed by atoms with Crippen LogP contribution in [-0.2, 0) is 11.4 Å². The number of benzene rings is 4. The molecular formula is C32H26N6O7. The smallest absolute Gasteiger partial charge is 0.272 e. The summed E-state index contributed by atoms with van der Waals surface area (Å²) in [5, 5.41) is 24.8. The maximum Gasteiger partial charge on any atom is 0.272 e. The predicted octanol–water partition coefficient (Wildman–Crippen LogP) is 4.04. The molecule has 0 saturated carbocycles. The summed E-state index contributed by atoms with van der Waals surface area (Å²) in [6, 6.07) is 24.6. The van der Waals surface area contributed by atoms with Crippen molar-refractivity contribution in [2.24, 2.45) is 5.10 Å². The number of carbonyl (C=O) groups is 2. The Kier molecular flexibility index (Phi) is 9.19. The van der Waals surface area contributed by atoms with Crippen LogP contribution in [0.15, 0.2) is 107 Å². The standard InChI is InChI=1S/C32H26N6O7/c1-44-27-17-20(11-12-22(27)19-45-24-15-13-23(14-16-24)38(42)43)18-33-36-32(41)29(34-30(39)21-7-3-2-4-8-21)28-25-9-5-6-10-26(25)31(40)37-35-28/h2-18,29H,19H2,1H3,(H,34,39)(H,36,41)(H,37,40)/b33-18+. The fourth-order valence-electron chi connectivity index (χ4n) is 4.44. The van der Waals surface area contributed by atoms with Gasteiger partial charge in [-0.1, -0.05) is 48.5 Å². The molecule has 5 aromatic rings. The van der Waals surface area contributed by atoms with E-state index < -0.39 is 28.3 Å². The van der Waals surface area contributed by atoms with Gasteiger partial charge in [-0.3, -0.25) is 24.5 Å². The van der Waals surface area contributed by atoms with Gasteiger partial charge < -0.3 is 14.8 Å². The Hall–Kier alpha value is -6.37. The summed E-state index contributed by atoms with van der Waals surface area (Å²) in [5.41, 5.74) is 3.74. The molecule has 1 heterocycles. The quantitative estimate of drug-likeness (QED) is 0.115. The van der Waals surface area contributed by atoms with E-state index in [0.29, 0.717) is 39.0 Å². The first kappa shape index (κ1) is 30.1. The van der Waals surface area contributed by atoms with Gasteiger partial charge in [-0.2, -0.15) is 10.2 Å². The minimum Gasteiger partial charge on any atom is -0.496 e. The Morgan fingerprint density at radius 2 is 1.71 bits per heavy atom. The van der Waals surface area contributed by atoms with Crippen molar-refractivity contribution in [2.75, 3.05) is 7.11 Å². The first-order chi connectivity index (χ1) is 21.8. The summed E-state index contributed by atoms with van der Waals surface area (Å²) < 4.78 is 11.2.